The third kappa shape index (κ3) is 5.36. The Morgan fingerprint density at radius 2 is 2.10 bits per heavy atom. The van der Waals surface area contributed by atoms with Crippen molar-refractivity contribution in [2.24, 2.45) is 0 Å². The molecule has 1 saturated heterocycles. The van der Waals surface area contributed by atoms with E-state index in [4.69, 9.17) is 4.74 Å². The first-order valence-corrected chi connectivity index (χ1v) is 7.16. The Balaban J connectivity index is 2.50. The van der Waals surface area contributed by atoms with Gasteiger partial charge in [-0.1, -0.05) is 6.92 Å². The predicted molar refractivity (Wildman–Crippen MR) is 75.3 cm³/mol. The van der Waals surface area contributed by atoms with Crippen LogP contribution in [0.2, 0.25) is 0 Å². The lowest BCUT2D eigenvalue weighted by Gasteiger charge is -2.28. The van der Waals surface area contributed by atoms with Gasteiger partial charge in [-0.15, -0.1) is 0 Å². The Hall–Kier alpha value is -1.30. The number of carbonyl (C=O) groups is 2. The summed E-state index contributed by atoms with van der Waals surface area (Å²) < 4.78 is 5.35. The first kappa shape index (κ1) is 16.8. The molecule has 6 nitrogen and oxygen atoms in total. The molecule has 0 aliphatic carbocycles. The fourth-order valence-corrected chi connectivity index (χ4v) is 2.10. The zero-order valence-electron chi connectivity index (χ0n) is 12.9. The molecule has 0 aromatic heterocycles. The molecule has 116 valence electrons. The number of amides is 2. The molecule has 1 aliphatic heterocycles. The van der Waals surface area contributed by atoms with Gasteiger partial charge in [-0.3, -0.25) is 4.79 Å². The zero-order valence-corrected chi connectivity index (χ0v) is 12.9. The maximum absolute atomic E-state index is 12.1. The van der Waals surface area contributed by atoms with E-state index in [2.05, 4.69) is 0 Å². The molecule has 20 heavy (non-hydrogen) atoms. The molecule has 0 saturated carbocycles. The summed E-state index contributed by atoms with van der Waals surface area (Å²) in [6.45, 7) is 9.30. The normalized spacial score (nSPS) is 19.4. The number of likely N-dealkylation sites (tertiary alicyclic amines) is 1. The second kappa shape index (κ2) is 6.92. The highest BCUT2D eigenvalue weighted by atomic mass is 16.6. The van der Waals surface area contributed by atoms with Gasteiger partial charge in [0.15, 0.2) is 0 Å². The summed E-state index contributed by atoms with van der Waals surface area (Å²) in [5.41, 5.74) is -0.525. The summed E-state index contributed by atoms with van der Waals surface area (Å²) in [5, 5.41) is 9.43. The topological polar surface area (TPSA) is 70.1 Å². The van der Waals surface area contributed by atoms with Crippen molar-refractivity contribution in [2.45, 2.75) is 52.2 Å². The zero-order chi connectivity index (χ0) is 15.3. The highest BCUT2D eigenvalue weighted by Gasteiger charge is 2.29. The van der Waals surface area contributed by atoms with Gasteiger partial charge in [0.2, 0.25) is 5.91 Å². The number of β-amino-alcohol motifs (C(OH)–C–C–N with tert-alkyl or cyclic N) is 1. The Kier molecular flexibility index (Phi) is 5.80. The summed E-state index contributed by atoms with van der Waals surface area (Å²) >= 11 is 0. The highest BCUT2D eigenvalue weighted by Crippen LogP contribution is 2.13. The molecular formula is C14H26N2O4. The molecule has 6 heteroatoms. The van der Waals surface area contributed by atoms with Gasteiger partial charge < -0.3 is 19.6 Å². The van der Waals surface area contributed by atoms with Crippen molar-refractivity contribution in [1.29, 1.82) is 0 Å². The van der Waals surface area contributed by atoms with E-state index in [9.17, 15) is 14.7 Å². The minimum atomic E-state index is -0.580. The van der Waals surface area contributed by atoms with E-state index in [0.29, 0.717) is 26.2 Å². The van der Waals surface area contributed by atoms with Gasteiger partial charge in [0, 0.05) is 26.2 Å². The maximum Gasteiger partial charge on any atom is 0.410 e. The highest BCUT2D eigenvalue weighted by molar-refractivity contribution is 5.79. The molecule has 0 aromatic carbocycles. The standard InChI is InChI=1S/C14H26N2O4/c1-5-6-15(13(19)20-14(2,3)4)7-8-16-10-11(17)9-12(16)18/h11,17H,5-10H2,1-4H3. The number of aliphatic hydroxyl groups is 1. The van der Waals surface area contributed by atoms with Crippen molar-refractivity contribution in [3.63, 3.8) is 0 Å². The molecule has 2 amide bonds. The monoisotopic (exact) mass is 286 g/mol. The average molecular weight is 286 g/mol. The number of carbonyl (C=O) groups excluding carboxylic acids is 2. The second-order valence-electron chi connectivity index (χ2n) is 6.17. The van der Waals surface area contributed by atoms with Gasteiger partial charge in [-0.05, 0) is 27.2 Å². The van der Waals surface area contributed by atoms with Crippen molar-refractivity contribution >= 4 is 12.0 Å². The fourth-order valence-electron chi connectivity index (χ4n) is 2.10. The maximum atomic E-state index is 12.1. The van der Waals surface area contributed by atoms with Crippen LogP contribution in [0.4, 0.5) is 4.79 Å². The van der Waals surface area contributed by atoms with E-state index in [-0.39, 0.29) is 18.4 Å². The van der Waals surface area contributed by atoms with Crippen LogP contribution in [-0.2, 0) is 9.53 Å². The number of rotatable bonds is 5. The number of nitrogens with zero attached hydrogens (tertiary/aromatic N) is 2. The van der Waals surface area contributed by atoms with Crippen LogP contribution in [0.5, 0.6) is 0 Å². The summed E-state index contributed by atoms with van der Waals surface area (Å²) in [5.74, 6) is -0.0573. The Morgan fingerprint density at radius 3 is 2.55 bits per heavy atom. The molecule has 0 aromatic rings. The molecule has 1 fully saturated rings. The minimum Gasteiger partial charge on any atom is -0.444 e. The van der Waals surface area contributed by atoms with Crippen LogP contribution in [0.15, 0.2) is 0 Å². The van der Waals surface area contributed by atoms with E-state index in [1.165, 1.54) is 0 Å². The van der Waals surface area contributed by atoms with E-state index in [1.54, 1.807) is 9.80 Å². The van der Waals surface area contributed by atoms with Crippen molar-refractivity contribution < 1.29 is 19.4 Å². The third-order valence-electron chi connectivity index (χ3n) is 2.98. The van der Waals surface area contributed by atoms with Crippen LogP contribution >= 0.6 is 0 Å². The van der Waals surface area contributed by atoms with Crippen LogP contribution in [0.3, 0.4) is 0 Å². The molecule has 1 aliphatic rings. The molecule has 1 heterocycles. The first-order valence-electron chi connectivity index (χ1n) is 7.16. The smallest absolute Gasteiger partial charge is 0.410 e. The number of hydrogen-bond donors (Lipinski definition) is 1. The first-order chi connectivity index (χ1) is 9.23. The molecular weight excluding hydrogens is 260 g/mol. The Labute approximate surface area is 120 Å². The summed E-state index contributed by atoms with van der Waals surface area (Å²) in [6, 6.07) is 0. The number of ether oxygens (including phenoxy) is 1. The van der Waals surface area contributed by atoms with Gasteiger partial charge >= 0.3 is 6.09 Å². The third-order valence-corrected chi connectivity index (χ3v) is 2.98. The molecule has 1 rings (SSSR count). The molecule has 1 unspecified atom stereocenters. The Morgan fingerprint density at radius 1 is 1.45 bits per heavy atom. The lowest BCUT2D eigenvalue weighted by atomic mass is 10.2. The quantitative estimate of drug-likeness (QED) is 0.825. The fraction of sp³-hybridized carbons (Fsp3) is 0.857. The number of hydrogen-bond acceptors (Lipinski definition) is 4. The molecule has 1 N–H and O–H groups in total. The van der Waals surface area contributed by atoms with E-state index >= 15 is 0 Å². The van der Waals surface area contributed by atoms with Gasteiger partial charge in [0.25, 0.3) is 0 Å². The van der Waals surface area contributed by atoms with Crippen molar-refractivity contribution in [1.82, 2.24) is 9.80 Å². The van der Waals surface area contributed by atoms with Crippen LogP contribution in [0.1, 0.15) is 40.5 Å². The summed E-state index contributed by atoms with van der Waals surface area (Å²) in [4.78, 5) is 26.8. The SMILES string of the molecule is CCCN(CCN1CC(O)CC1=O)C(=O)OC(C)(C)C. The minimum absolute atomic E-state index is 0.0573. The van der Waals surface area contributed by atoms with Crippen LogP contribution in [0.25, 0.3) is 0 Å². The lowest BCUT2D eigenvalue weighted by Crippen LogP contribution is -2.42. The van der Waals surface area contributed by atoms with Gasteiger partial charge in [0.1, 0.15) is 5.60 Å². The summed E-state index contributed by atoms with van der Waals surface area (Å²) in [6.07, 6.45) is 0.0749. The van der Waals surface area contributed by atoms with E-state index in [0.717, 1.165) is 6.42 Å². The lowest BCUT2D eigenvalue weighted by molar-refractivity contribution is -0.128. The number of aliphatic hydroxyl groups excluding tert-OH is 1. The van der Waals surface area contributed by atoms with Gasteiger partial charge in [-0.2, -0.15) is 0 Å². The van der Waals surface area contributed by atoms with Crippen LogP contribution < -0.4 is 0 Å². The largest absolute Gasteiger partial charge is 0.444 e. The van der Waals surface area contributed by atoms with Gasteiger partial charge in [0.05, 0.1) is 12.5 Å². The second-order valence-corrected chi connectivity index (χ2v) is 6.17. The van der Waals surface area contributed by atoms with Crippen LogP contribution in [-0.4, -0.2) is 64.8 Å². The molecule has 0 spiro atoms. The van der Waals surface area contributed by atoms with Crippen LogP contribution in [0, 0.1) is 0 Å². The molecule has 0 bridgehead atoms. The summed E-state index contributed by atoms with van der Waals surface area (Å²) in [7, 11) is 0. The molecule has 1 atom stereocenters. The van der Waals surface area contributed by atoms with Crippen molar-refractivity contribution in [3.05, 3.63) is 0 Å². The Bertz CT molecular complexity index is 352. The van der Waals surface area contributed by atoms with Crippen molar-refractivity contribution in [3.8, 4) is 0 Å². The van der Waals surface area contributed by atoms with Crippen molar-refractivity contribution in [2.75, 3.05) is 26.2 Å². The van der Waals surface area contributed by atoms with Gasteiger partial charge in [-0.25, -0.2) is 4.79 Å². The van der Waals surface area contributed by atoms with E-state index in [1.807, 2.05) is 27.7 Å². The molecule has 0 radical (unpaired) electrons. The van der Waals surface area contributed by atoms with E-state index < -0.39 is 11.7 Å². The predicted octanol–water partition coefficient (Wildman–Crippen LogP) is 1.23. The average Bonchev–Trinajstić information content (AvgIpc) is 2.60.